The van der Waals surface area contributed by atoms with Gasteiger partial charge in [-0.2, -0.15) is 0 Å². The zero-order valence-electron chi connectivity index (χ0n) is 17.8. The molecule has 1 amide bonds. The zero-order valence-corrected chi connectivity index (χ0v) is 18.6. The minimum atomic E-state index is -3.57. The highest BCUT2D eigenvalue weighted by Crippen LogP contribution is 2.33. The maximum atomic E-state index is 13.2. The maximum Gasteiger partial charge on any atom is 0.258 e. The van der Waals surface area contributed by atoms with Crippen molar-refractivity contribution in [3.8, 4) is 22.6 Å². The largest absolute Gasteiger partial charge is 0.506 e. The molecular formula is C24H24N2O5S. The molecule has 0 atom stereocenters. The summed E-state index contributed by atoms with van der Waals surface area (Å²) in [5, 5.41) is 9.97. The van der Waals surface area contributed by atoms with Crippen molar-refractivity contribution in [2.75, 3.05) is 29.0 Å². The van der Waals surface area contributed by atoms with E-state index in [1.807, 2.05) is 49.4 Å². The SMILES string of the molecule is CCOc1ccc(-c2ccc3c(c2)CCN(c2ccc(O)c(NS(C)(=O)=O)c2)C3=O)cc1. The lowest BCUT2D eigenvalue weighted by molar-refractivity contribution is 0.0980. The van der Waals surface area contributed by atoms with Crippen molar-refractivity contribution < 1.29 is 23.1 Å². The van der Waals surface area contributed by atoms with E-state index in [1.54, 1.807) is 11.0 Å². The van der Waals surface area contributed by atoms with Gasteiger partial charge in [0.05, 0.1) is 18.6 Å². The molecule has 3 aromatic carbocycles. The Morgan fingerprint density at radius 2 is 1.75 bits per heavy atom. The predicted octanol–water partition coefficient (Wildman–Crippen LogP) is 4.03. The van der Waals surface area contributed by atoms with Gasteiger partial charge in [0.25, 0.3) is 5.91 Å². The van der Waals surface area contributed by atoms with E-state index >= 15 is 0 Å². The van der Waals surface area contributed by atoms with Crippen LogP contribution in [-0.4, -0.2) is 38.8 Å². The molecule has 0 spiro atoms. The topological polar surface area (TPSA) is 95.9 Å². The third-order valence-corrected chi connectivity index (χ3v) is 5.86. The Balaban J connectivity index is 1.60. The summed E-state index contributed by atoms with van der Waals surface area (Å²) in [5.74, 6) is 0.447. The van der Waals surface area contributed by atoms with E-state index < -0.39 is 10.0 Å². The number of nitrogens with one attached hydrogen (secondary N) is 1. The molecule has 3 aromatic rings. The highest BCUT2D eigenvalue weighted by atomic mass is 32.2. The third-order valence-electron chi connectivity index (χ3n) is 5.27. The summed E-state index contributed by atoms with van der Waals surface area (Å²) < 4.78 is 30.9. The summed E-state index contributed by atoms with van der Waals surface area (Å²) in [5.41, 5.74) is 4.19. The molecule has 32 heavy (non-hydrogen) atoms. The Labute approximate surface area is 187 Å². The van der Waals surface area contributed by atoms with Gasteiger partial charge in [0, 0.05) is 17.8 Å². The number of ether oxygens (including phenoxy) is 1. The fraction of sp³-hybridized carbons (Fsp3) is 0.208. The minimum Gasteiger partial charge on any atom is -0.506 e. The number of anilines is 2. The van der Waals surface area contributed by atoms with Crippen LogP contribution in [0, 0.1) is 0 Å². The Morgan fingerprint density at radius 1 is 1.03 bits per heavy atom. The molecule has 0 bridgehead atoms. The smallest absolute Gasteiger partial charge is 0.258 e. The van der Waals surface area contributed by atoms with Crippen LogP contribution in [0.4, 0.5) is 11.4 Å². The first kappa shape index (κ1) is 21.7. The molecule has 0 aromatic heterocycles. The minimum absolute atomic E-state index is 0.0365. The molecule has 1 aliphatic rings. The number of rotatable bonds is 6. The van der Waals surface area contributed by atoms with Gasteiger partial charge in [-0.3, -0.25) is 9.52 Å². The third kappa shape index (κ3) is 4.55. The van der Waals surface area contributed by atoms with E-state index in [-0.39, 0.29) is 17.3 Å². The van der Waals surface area contributed by atoms with Gasteiger partial charge in [-0.05, 0) is 66.4 Å². The van der Waals surface area contributed by atoms with Crippen LogP contribution in [0.5, 0.6) is 11.5 Å². The van der Waals surface area contributed by atoms with Gasteiger partial charge in [0.2, 0.25) is 10.0 Å². The van der Waals surface area contributed by atoms with Crippen molar-refractivity contribution in [1.29, 1.82) is 0 Å². The first-order valence-corrected chi connectivity index (χ1v) is 12.1. The zero-order chi connectivity index (χ0) is 22.9. The number of nitrogens with zero attached hydrogens (tertiary/aromatic N) is 1. The lowest BCUT2D eigenvalue weighted by Gasteiger charge is -2.29. The molecule has 0 fully saturated rings. The van der Waals surface area contributed by atoms with E-state index in [4.69, 9.17) is 4.74 Å². The van der Waals surface area contributed by atoms with Gasteiger partial charge >= 0.3 is 0 Å². The number of sulfonamides is 1. The van der Waals surface area contributed by atoms with E-state index in [1.165, 1.54) is 12.1 Å². The van der Waals surface area contributed by atoms with Crippen molar-refractivity contribution in [2.45, 2.75) is 13.3 Å². The van der Waals surface area contributed by atoms with E-state index in [0.717, 1.165) is 28.7 Å². The Kier molecular flexibility index (Phi) is 5.80. The van der Waals surface area contributed by atoms with Crippen molar-refractivity contribution in [1.82, 2.24) is 0 Å². The van der Waals surface area contributed by atoms with E-state index in [9.17, 15) is 18.3 Å². The van der Waals surface area contributed by atoms with Crippen LogP contribution in [-0.2, 0) is 16.4 Å². The number of aromatic hydroxyl groups is 1. The molecule has 0 unspecified atom stereocenters. The fourth-order valence-corrected chi connectivity index (χ4v) is 4.36. The van der Waals surface area contributed by atoms with Crippen LogP contribution in [0.15, 0.2) is 60.7 Å². The second kappa shape index (κ2) is 8.55. The van der Waals surface area contributed by atoms with Gasteiger partial charge in [-0.1, -0.05) is 24.3 Å². The quantitative estimate of drug-likeness (QED) is 0.551. The van der Waals surface area contributed by atoms with Gasteiger partial charge in [-0.15, -0.1) is 0 Å². The van der Waals surface area contributed by atoms with Crippen molar-refractivity contribution in [3.05, 3.63) is 71.8 Å². The number of hydrogen-bond acceptors (Lipinski definition) is 5. The summed E-state index contributed by atoms with van der Waals surface area (Å²) in [4.78, 5) is 14.8. The van der Waals surface area contributed by atoms with Crippen molar-refractivity contribution in [3.63, 3.8) is 0 Å². The monoisotopic (exact) mass is 452 g/mol. The molecule has 0 radical (unpaired) electrons. The molecular weight excluding hydrogens is 428 g/mol. The Hall–Kier alpha value is -3.52. The number of hydrogen-bond donors (Lipinski definition) is 2. The van der Waals surface area contributed by atoms with E-state index in [0.29, 0.717) is 30.8 Å². The first-order valence-electron chi connectivity index (χ1n) is 10.2. The molecule has 7 nitrogen and oxygen atoms in total. The van der Waals surface area contributed by atoms with Crippen LogP contribution in [0.25, 0.3) is 11.1 Å². The Bertz CT molecular complexity index is 1270. The normalized spacial score (nSPS) is 13.6. The summed E-state index contributed by atoms with van der Waals surface area (Å²) in [6, 6.07) is 18.1. The average molecular weight is 453 g/mol. The maximum absolute atomic E-state index is 13.2. The predicted molar refractivity (Wildman–Crippen MR) is 125 cm³/mol. The molecule has 0 saturated carbocycles. The number of phenols is 1. The molecule has 8 heteroatoms. The molecule has 0 saturated heterocycles. The van der Waals surface area contributed by atoms with Crippen molar-refractivity contribution >= 4 is 27.3 Å². The highest BCUT2D eigenvalue weighted by molar-refractivity contribution is 7.92. The summed E-state index contributed by atoms with van der Waals surface area (Å²) >= 11 is 0. The number of carbonyl (C=O) groups excluding carboxylic acids is 1. The first-order chi connectivity index (χ1) is 15.2. The molecule has 4 rings (SSSR count). The summed E-state index contributed by atoms with van der Waals surface area (Å²) in [6.45, 7) is 3.00. The van der Waals surface area contributed by atoms with Gasteiger partial charge in [0.1, 0.15) is 11.5 Å². The van der Waals surface area contributed by atoms with Crippen LogP contribution < -0.4 is 14.4 Å². The average Bonchev–Trinajstić information content (AvgIpc) is 2.75. The molecule has 1 heterocycles. The van der Waals surface area contributed by atoms with Gasteiger partial charge in [0.15, 0.2) is 0 Å². The standard InChI is InChI=1S/C24H24N2O5S/c1-3-31-20-8-4-16(5-9-20)17-6-10-21-18(14-17)12-13-26(24(21)28)19-7-11-23(27)22(15-19)25-32(2,29)30/h4-11,14-15,25,27H,3,12-13H2,1-2H3. The lowest BCUT2D eigenvalue weighted by atomic mass is 9.93. The van der Waals surface area contributed by atoms with Crippen molar-refractivity contribution in [2.24, 2.45) is 0 Å². The highest BCUT2D eigenvalue weighted by Gasteiger charge is 2.26. The van der Waals surface area contributed by atoms with Crippen LogP contribution >= 0.6 is 0 Å². The van der Waals surface area contributed by atoms with Crippen LogP contribution in [0.3, 0.4) is 0 Å². The number of carbonyl (C=O) groups is 1. The second-order valence-corrected chi connectivity index (χ2v) is 9.36. The summed E-state index contributed by atoms with van der Waals surface area (Å²) in [7, 11) is -3.57. The lowest BCUT2D eigenvalue weighted by Crippen LogP contribution is -2.37. The Morgan fingerprint density at radius 3 is 2.44 bits per heavy atom. The fourth-order valence-electron chi connectivity index (χ4n) is 3.80. The van der Waals surface area contributed by atoms with E-state index in [2.05, 4.69) is 4.72 Å². The van der Waals surface area contributed by atoms with Gasteiger partial charge < -0.3 is 14.7 Å². The second-order valence-electron chi connectivity index (χ2n) is 7.61. The van der Waals surface area contributed by atoms with Gasteiger partial charge in [-0.25, -0.2) is 8.42 Å². The number of fused-ring (bicyclic) bond motifs is 1. The molecule has 2 N–H and O–H groups in total. The van der Waals surface area contributed by atoms with Crippen LogP contribution in [0.1, 0.15) is 22.8 Å². The number of benzene rings is 3. The molecule has 1 aliphatic heterocycles. The number of phenolic OH excluding ortho intramolecular Hbond substituents is 1. The summed E-state index contributed by atoms with van der Waals surface area (Å²) in [6.07, 6.45) is 1.66. The molecule has 0 aliphatic carbocycles. The van der Waals surface area contributed by atoms with Crippen LogP contribution in [0.2, 0.25) is 0 Å². The molecule has 166 valence electrons. The number of amides is 1.